The number of allylic oxidation sites excluding steroid dienone is 2. The van der Waals surface area contributed by atoms with E-state index in [0.717, 1.165) is 43.9 Å². The summed E-state index contributed by atoms with van der Waals surface area (Å²) in [6.07, 6.45) is 10.7. The summed E-state index contributed by atoms with van der Waals surface area (Å²) < 4.78 is 6.14. The first-order valence-corrected chi connectivity index (χ1v) is 9.07. The molecule has 0 aromatic heterocycles. The van der Waals surface area contributed by atoms with E-state index in [1.54, 1.807) is 5.57 Å². The average Bonchev–Trinajstić information content (AvgIpc) is 2.84. The Morgan fingerprint density at radius 3 is 2.81 bits per heavy atom. The molecule has 116 valence electrons. The average molecular weight is 288 g/mol. The molecule has 0 bridgehead atoms. The molecule has 2 nitrogen and oxygen atoms in total. The first kappa shape index (κ1) is 13.8. The zero-order chi connectivity index (χ0) is 14.6. The van der Waals surface area contributed by atoms with E-state index in [0.29, 0.717) is 17.8 Å². The molecule has 0 radical (unpaired) electrons. The van der Waals surface area contributed by atoms with Crippen LogP contribution in [0, 0.1) is 23.2 Å². The minimum Gasteiger partial charge on any atom is -0.495 e. The summed E-state index contributed by atoms with van der Waals surface area (Å²) in [6.45, 7) is 4.45. The normalized spacial score (nSPS) is 45.7. The van der Waals surface area contributed by atoms with Crippen molar-refractivity contribution in [3.05, 3.63) is 11.3 Å². The Labute approximate surface area is 128 Å². The highest BCUT2D eigenvalue weighted by Crippen LogP contribution is 2.61. The molecule has 0 spiro atoms. The number of hydrogen-bond acceptors (Lipinski definition) is 2. The van der Waals surface area contributed by atoms with Crippen LogP contribution in [-0.4, -0.2) is 11.9 Å². The van der Waals surface area contributed by atoms with Crippen molar-refractivity contribution in [1.29, 1.82) is 0 Å². The molecule has 0 amide bonds. The van der Waals surface area contributed by atoms with Gasteiger partial charge >= 0.3 is 0 Å². The Morgan fingerprint density at radius 1 is 1.14 bits per heavy atom. The van der Waals surface area contributed by atoms with E-state index >= 15 is 0 Å². The van der Waals surface area contributed by atoms with Crippen molar-refractivity contribution in [3.8, 4) is 0 Å². The number of rotatable bonds is 1. The zero-order valence-corrected chi connectivity index (χ0v) is 13.5. The van der Waals surface area contributed by atoms with Crippen LogP contribution >= 0.6 is 0 Å². The summed E-state index contributed by atoms with van der Waals surface area (Å²) in [7, 11) is 0. The van der Waals surface area contributed by atoms with Crippen LogP contribution in [0.5, 0.6) is 0 Å². The molecular formula is C19H28O2. The van der Waals surface area contributed by atoms with Crippen LogP contribution in [0.15, 0.2) is 11.3 Å². The Balaban J connectivity index is 1.66. The lowest BCUT2D eigenvalue weighted by Crippen LogP contribution is -2.45. The maximum Gasteiger partial charge on any atom is 0.139 e. The molecule has 4 rings (SSSR count). The Bertz CT molecular complexity index is 492. The zero-order valence-electron chi connectivity index (χ0n) is 13.5. The van der Waals surface area contributed by atoms with Gasteiger partial charge in [0.15, 0.2) is 0 Å². The number of ether oxygens (including phenoxy) is 1. The van der Waals surface area contributed by atoms with Crippen LogP contribution in [0.1, 0.15) is 71.6 Å². The number of carbonyl (C=O) groups is 1. The lowest BCUT2D eigenvalue weighted by atomic mass is 9.54. The Morgan fingerprint density at radius 2 is 2.00 bits per heavy atom. The fraction of sp³-hybridized carbons (Fsp3) is 0.842. The van der Waals surface area contributed by atoms with Crippen LogP contribution in [0.2, 0.25) is 0 Å². The van der Waals surface area contributed by atoms with Gasteiger partial charge in [0.1, 0.15) is 5.78 Å². The second-order valence-electron chi connectivity index (χ2n) is 7.84. The first-order chi connectivity index (χ1) is 10.2. The van der Waals surface area contributed by atoms with E-state index in [1.165, 1.54) is 31.4 Å². The van der Waals surface area contributed by atoms with Gasteiger partial charge in [-0.15, -0.1) is 0 Å². The number of carbonyl (C=O) groups excluding carboxylic acids is 1. The summed E-state index contributed by atoms with van der Waals surface area (Å²) in [5, 5.41) is 0. The fourth-order valence-electron chi connectivity index (χ4n) is 6.13. The maximum absolute atomic E-state index is 12.5. The van der Waals surface area contributed by atoms with E-state index in [-0.39, 0.29) is 5.41 Å². The number of fused-ring (bicyclic) bond motifs is 4. The monoisotopic (exact) mass is 288 g/mol. The highest BCUT2D eigenvalue weighted by Gasteiger charge is 2.56. The minimum atomic E-state index is 0.0576. The van der Waals surface area contributed by atoms with E-state index in [9.17, 15) is 4.79 Å². The van der Waals surface area contributed by atoms with Gasteiger partial charge in [0.05, 0.1) is 11.9 Å². The molecule has 2 fully saturated rings. The van der Waals surface area contributed by atoms with E-state index in [2.05, 4.69) is 13.8 Å². The second kappa shape index (κ2) is 4.86. The van der Waals surface area contributed by atoms with Crippen LogP contribution in [0.25, 0.3) is 0 Å². The summed E-state index contributed by atoms with van der Waals surface area (Å²) in [5.74, 6) is 4.09. The summed E-state index contributed by atoms with van der Waals surface area (Å²) >= 11 is 0. The van der Waals surface area contributed by atoms with Crippen LogP contribution < -0.4 is 0 Å². The standard InChI is InChI=1S/C19H28O2/c1-3-19-11-10-13-14(16(19)7-9-18(19)20)6-8-17-15(13)5-4-12(2)21-17/h12-14,16H,3-11H2,1-2H3/t12?,13?,14?,16-,19-/m0/s1. The lowest BCUT2D eigenvalue weighted by Gasteiger charge is -2.50. The van der Waals surface area contributed by atoms with Crippen molar-refractivity contribution in [1.82, 2.24) is 0 Å². The third kappa shape index (κ3) is 1.87. The predicted molar refractivity (Wildman–Crippen MR) is 82.7 cm³/mol. The number of ketones is 1. The van der Waals surface area contributed by atoms with Crippen LogP contribution in [-0.2, 0) is 9.53 Å². The molecule has 3 aliphatic carbocycles. The lowest BCUT2D eigenvalue weighted by molar-refractivity contribution is -0.131. The second-order valence-corrected chi connectivity index (χ2v) is 7.84. The molecule has 0 aromatic rings. The van der Waals surface area contributed by atoms with Gasteiger partial charge in [-0.05, 0) is 75.2 Å². The highest BCUT2D eigenvalue weighted by atomic mass is 16.5. The molecule has 4 aliphatic rings. The van der Waals surface area contributed by atoms with E-state index in [4.69, 9.17) is 4.74 Å². The maximum atomic E-state index is 12.5. The number of Topliss-reactive ketones (excluding diaryl/α,β-unsaturated/α-hetero) is 1. The molecule has 2 saturated carbocycles. The van der Waals surface area contributed by atoms with Gasteiger partial charge < -0.3 is 4.74 Å². The first-order valence-electron chi connectivity index (χ1n) is 9.07. The quantitative estimate of drug-likeness (QED) is 0.703. The van der Waals surface area contributed by atoms with Crippen molar-refractivity contribution < 1.29 is 9.53 Å². The fourth-order valence-corrected chi connectivity index (χ4v) is 6.13. The van der Waals surface area contributed by atoms with Crippen molar-refractivity contribution in [3.63, 3.8) is 0 Å². The molecule has 0 N–H and O–H groups in total. The summed E-state index contributed by atoms with van der Waals surface area (Å²) in [6, 6.07) is 0. The van der Waals surface area contributed by atoms with Crippen molar-refractivity contribution in [2.45, 2.75) is 77.7 Å². The SMILES string of the molecule is CC[C@]12CCC3C4=C(CCC3[C@@H]1CCC2=O)OC(C)CC4. The largest absolute Gasteiger partial charge is 0.495 e. The van der Waals surface area contributed by atoms with Gasteiger partial charge in [-0.2, -0.15) is 0 Å². The highest BCUT2D eigenvalue weighted by molar-refractivity contribution is 5.87. The summed E-state index contributed by atoms with van der Waals surface area (Å²) in [4.78, 5) is 12.5. The molecule has 1 aliphatic heterocycles. The molecule has 2 heteroatoms. The molecule has 0 aromatic carbocycles. The molecule has 0 saturated heterocycles. The van der Waals surface area contributed by atoms with Crippen molar-refractivity contribution in [2.24, 2.45) is 23.2 Å². The van der Waals surface area contributed by atoms with Gasteiger partial charge in [-0.25, -0.2) is 0 Å². The Hall–Kier alpha value is -0.790. The van der Waals surface area contributed by atoms with Gasteiger partial charge in [0.25, 0.3) is 0 Å². The predicted octanol–water partition coefficient (Wildman–Crippen LogP) is 4.63. The van der Waals surface area contributed by atoms with Gasteiger partial charge in [0, 0.05) is 18.3 Å². The molecule has 21 heavy (non-hydrogen) atoms. The van der Waals surface area contributed by atoms with Crippen molar-refractivity contribution >= 4 is 5.78 Å². The van der Waals surface area contributed by atoms with Crippen LogP contribution in [0.3, 0.4) is 0 Å². The minimum absolute atomic E-state index is 0.0576. The molecular weight excluding hydrogens is 260 g/mol. The van der Waals surface area contributed by atoms with Gasteiger partial charge in [-0.1, -0.05) is 6.92 Å². The van der Waals surface area contributed by atoms with Gasteiger partial charge in [0.2, 0.25) is 0 Å². The molecule has 3 unspecified atom stereocenters. The topological polar surface area (TPSA) is 26.3 Å². The molecule has 1 heterocycles. The molecule has 5 atom stereocenters. The number of hydrogen-bond donors (Lipinski definition) is 0. The third-order valence-corrected chi connectivity index (χ3v) is 7.19. The smallest absolute Gasteiger partial charge is 0.139 e. The van der Waals surface area contributed by atoms with Crippen molar-refractivity contribution in [2.75, 3.05) is 0 Å². The van der Waals surface area contributed by atoms with Crippen LogP contribution in [0.4, 0.5) is 0 Å². The van der Waals surface area contributed by atoms with Gasteiger partial charge in [-0.3, -0.25) is 4.79 Å². The van der Waals surface area contributed by atoms with E-state index in [1.807, 2.05) is 0 Å². The third-order valence-electron chi connectivity index (χ3n) is 7.19. The summed E-state index contributed by atoms with van der Waals surface area (Å²) in [5.41, 5.74) is 1.70. The van der Waals surface area contributed by atoms with E-state index < -0.39 is 0 Å². The Kier molecular flexibility index (Phi) is 3.20.